The van der Waals surface area contributed by atoms with Crippen molar-refractivity contribution < 1.29 is 14.4 Å². The first-order chi connectivity index (χ1) is 10.0. The Bertz CT molecular complexity index is 676. The third-order valence-electron chi connectivity index (χ3n) is 2.81. The lowest BCUT2D eigenvalue weighted by Gasteiger charge is -2.11. The molecular formula is C14H13ClN2O4. The number of pyridine rings is 1. The standard InChI is InChI=1S/C14H13ClN2O4/c1-9-5-10(7-15)8-16-14(9)21-12-4-3-11(17(18)19)6-13(12)20-2/h3-6,8H,7H2,1-2H3. The molecule has 1 heterocycles. The van der Waals surface area contributed by atoms with Crippen LogP contribution in [0, 0.1) is 17.0 Å². The summed E-state index contributed by atoms with van der Waals surface area (Å²) in [5.41, 5.74) is 1.63. The molecule has 0 radical (unpaired) electrons. The predicted octanol–water partition coefficient (Wildman–Crippen LogP) is 3.84. The van der Waals surface area contributed by atoms with Crippen LogP contribution in [0.2, 0.25) is 0 Å². The minimum Gasteiger partial charge on any atom is -0.493 e. The molecule has 0 aliphatic rings. The van der Waals surface area contributed by atoms with Crippen LogP contribution in [0.5, 0.6) is 17.4 Å². The number of alkyl halides is 1. The van der Waals surface area contributed by atoms with Crippen LogP contribution in [0.4, 0.5) is 5.69 Å². The average molecular weight is 309 g/mol. The number of hydrogen-bond acceptors (Lipinski definition) is 5. The van der Waals surface area contributed by atoms with Gasteiger partial charge in [0.25, 0.3) is 5.69 Å². The predicted molar refractivity (Wildman–Crippen MR) is 78.3 cm³/mol. The van der Waals surface area contributed by atoms with Crippen molar-refractivity contribution in [2.24, 2.45) is 0 Å². The maximum absolute atomic E-state index is 10.7. The molecule has 110 valence electrons. The van der Waals surface area contributed by atoms with Crippen LogP contribution in [0.1, 0.15) is 11.1 Å². The Morgan fingerprint density at radius 2 is 2.10 bits per heavy atom. The monoisotopic (exact) mass is 308 g/mol. The van der Waals surface area contributed by atoms with Gasteiger partial charge in [-0.2, -0.15) is 0 Å². The minimum absolute atomic E-state index is 0.0682. The fraction of sp³-hybridized carbons (Fsp3) is 0.214. The van der Waals surface area contributed by atoms with Gasteiger partial charge in [-0.3, -0.25) is 10.1 Å². The molecule has 6 nitrogen and oxygen atoms in total. The van der Waals surface area contributed by atoms with E-state index < -0.39 is 4.92 Å². The highest BCUT2D eigenvalue weighted by Gasteiger charge is 2.14. The number of methoxy groups -OCH3 is 1. The first kappa shape index (κ1) is 15.1. The second-order valence-electron chi connectivity index (χ2n) is 4.29. The Kier molecular flexibility index (Phi) is 4.59. The number of aromatic nitrogens is 1. The van der Waals surface area contributed by atoms with E-state index in [9.17, 15) is 10.1 Å². The van der Waals surface area contributed by atoms with Gasteiger partial charge in [-0.05, 0) is 24.6 Å². The lowest BCUT2D eigenvalue weighted by atomic mass is 10.2. The molecule has 0 unspecified atom stereocenters. The topological polar surface area (TPSA) is 74.5 Å². The molecule has 0 fully saturated rings. The van der Waals surface area contributed by atoms with E-state index in [-0.39, 0.29) is 11.4 Å². The number of rotatable bonds is 5. The van der Waals surface area contributed by atoms with Gasteiger partial charge in [0.05, 0.1) is 18.1 Å². The molecule has 1 aromatic heterocycles. The minimum atomic E-state index is -0.495. The van der Waals surface area contributed by atoms with Crippen molar-refractivity contribution in [3.63, 3.8) is 0 Å². The molecule has 0 atom stereocenters. The molecule has 0 bridgehead atoms. The highest BCUT2D eigenvalue weighted by atomic mass is 35.5. The quantitative estimate of drug-likeness (QED) is 0.476. The summed E-state index contributed by atoms with van der Waals surface area (Å²) >= 11 is 5.74. The summed E-state index contributed by atoms with van der Waals surface area (Å²) < 4.78 is 10.8. The first-order valence-electron chi connectivity index (χ1n) is 6.07. The van der Waals surface area contributed by atoms with Gasteiger partial charge in [-0.1, -0.05) is 0 Å². The van der Waals surface area contributed by atoms with Gasteiger partial charge >= 0.3 is 0 Å². The second-order valence-corrected chi connectivity index (χ2v) is 4.56. The van der Waals surface area contributed by atoms with Gasteiger partial charge in [0.15, 0.2) is 11.5 Å². The fourth-order valence-corrected chi connectivity index (χ4v) is 1.90. The molecule has 21 heavy (non-hydrogen) atoms. The molecular weight excluding hydrogens is 296 g/mol. The number of nitro groups is 1. The maximum Gasteiger partial charge on any atom is 0.273 e. The van der Waals surface area contributed by atoms with Crippen LogP contribution < -0.4 is 9.47 Å². The van der Waals surface area contributed by atoms with Gasteiger partial charge in [-0.15, -0.1) is 11.6 Å². The lowest BCUT2D eigenvalue weighted by molar-refractivity contribution is -0.384. The van der Waals surface area contributed by atoms with Gasteiger partial charge < -0.3 is 9.47 Å². The molecule has 2 aromatic rings. The zero-order chi connectivity index (χ0) is 15.4. The third-order valence-corrected chi connectivity index (χ3v) is 3.11. The van der Waals surface area contributed by atoms with Crippen molar-refractivity contribution in [1.29, 1.82) is 0 Å². The molecule has 0 aliphatic heterocycles. The largest absolute Gasteiger partial charge is 0.493 e. The fourth-order valence-electron chi connectivity index (χ4n) is 1.76. The number of nitrogens with zero attached hydrogens (tertiary/aromatic N) is 2. The molecule has 7 heteroatoms. The Morgan fingerprint density at radius 1 is 1.33 bits per heavy atom. The number of hydrogen-bond donors (Lipinski definition) is 0. The van der Waals surface area contributed by atoms with Crippen LogP contribution >= 0.6 is 11.6 Å². The number of halogens is 1. The number of nitro benzene ring substituents is 1. The van der Waals surface area contributed by atoms with E-state index >= 15 is 0 Å². The lowest BCUT2D eigenvalue weighted by Crippen LogP contribution is -1.96. The van der Waals surface area contributed by atoms with E-state index in [4.69, 9.17) is 21.1 Å². The Balaban J connectivity index is 2.33. The average Bonchev–Trinajstić information content (AvgIpc) is 2.49. The van der Waals surface area contributed by atoms with Crippen LogP contribution in [-0.2, 0) is 5.88 Å². The summed E-state index contributed by atoms with van der Waals surface area (Å²) in [5, 5.41) is 10.7. The van der Waals surface area contributed by atoms with E-state index in [1.807, 2.05) is 13.0 Å². The van der Waals surface area contributed by atoms with Crippen molar-refractivity contribution >= 4 is 17.3 Å². The van der Waals surface area contributed by atoms with Crippen molar-refractivity contribution in [2.75, 3.05) is 7.11 Å². The Hall–Kier alpha value is -2.34. The van der Waals surface area contributed by atoms with Gasteiger partial charge in [-0.25, -0.2) is 4.98 Å². The summed E-state index contributed by atoms with van der Waals surface area (Å²) in [6, 6.07) is 6.00. The van der Waals surface area contributed by atoms with E-state index in [0.717, 1.165) is 11.1 Å². The number of benzene rings is 1. The summed E-state index contributed by atoms with van der Waals surface area (Å²) in [4.78, 5) is 14.4. The first-order valence-corrected chi connectivity index (χ1v) is 6.60. The van der Waals surface area contributed by atoms with Crippen molar-refractivity contribution in [2.45, 2.75) is 12.8 Å². The highest BCUT2D eigenvalue weighted by molar-refractivity contribution is 6.17. The zero-order valence-corrected chi connectivity index (χ0v) is 12.3. The molecule has 0 spiro atoms. The van der Waals surface area contributed by atoms with Gasteiger partial charge in [0.2, 0.25) is 5.88 Å². The van der Waals surface area contributed by atoms with Crippen LogP contribution in [0.25, 0.3) is 0 Å². The normalized spacial score (nSPS) is 10.2. The van der Waals surface area contributed by atoms with E-state index in [1.54, 1.807) is 6.20 Å². The van der Waals surface area contributed by atoms with Gasteiger partial charge in [0, 0.05) is 23.7 Å². The Morgan fingerprint density at radius 3 is 2.67 bits per heavy atom. The summed E-state index contributed by atoms with van der Waals surface area (Å²) in [5.74, 6) is 1.40. The Labute approximate surface area is 126 Å². The van der Waals surface area contributed by atoms with E-state index in [1.165, 1.54) is 25.3 Å². The number of ether oxygens (including phenoxy) is 2. The van der Waals surface area contributed by atoms with Gasteiger partial charge in [0.1, 0.15) is 0 Å². The molecule has 2 rings (SSSR count). The molecule has 0 amide bonds. The second kappa shape index (κ2) is 6.41. The molecule has 0 aliphatic carbocycles. The van der Waals surface area contributed by atoms with Crippen molar-refractivity contribution in [3.8, 4) is 17.4 Å². The number of aryl methyl sites for hydroxylation is 1. The summed E-state index contributed by atoms with van der Waals surface area (Å²) in [7, 11) is 1.42. The molecule has 0 saturated carbocycles. The molecule has 0 N–H and O–H groups in total. The summed E-state index contributed by atoms with van der Waals surface area (Å²) in [6.07, 6.45) is 1.62. The van der Waals surface area contributed by atoms with Crippen LogP contribution in [0.15, 0.2) is 30.5 Å². The maximum atomic E-state index is 10.7. The van der Waals surface area contributed by atoms with Crippen LogP contribution in [0.3, 0.4) is 0 Å². The SMILES string of the molecule is COc1cc([N+](=O)[O-])ccc1Oc1ncc(CCl)cc1C. The molecule has 1 aromatic carbocycles. The number of non-ortho nitro benzene ring substituents is 1. The third kappa shape index (κ3) is 3.41. The smallest absolute Gasteiger partial charge is 0.273 e. The van der Waals surface area contributed by atoms with E-state index in [2.05, 4.69) is 4.98 Å². The van der Waals surface area contributed by atoms with Crippen molar-refractivity contribution in [3.05, 3.63) is 51.7 Å². The van der Waals surface area contributed by atoms with Crippen LogP contribution in [-0.4, -0.2) is 17.0 Å². The van der Waals surface area contributed by atoms with E-state index in [0.29, 0.717) is 17.5 Å². The van der Waals surface area contributed by atoms with Crippen molar-refractivity contribution in [1.82, 2.24) is 4.98 Å². The summed E-state index contributed by atoms with van der Waals surface area (Å²) in [6.45, 7) is 1.84. The highest BCUT2D eigenvalue weighted by Crippen LogP contribution is 2.34. The zero-order valence-electron chi connectivity index (χ0n) is 11.5. The molecule has 0 saturated heterocycles.